The van der Waals surface area contributed by atoms with Crippen molar-refractivity contribution < 1.29 is 31.4 Å². The van der Waals surface area contributed by atoms with Crippen molar-refractivity contribution >= 4 is 11.3 Å². The summed E-state index contributed by atoms with van der Waals surface area (Å²) in [5.41, 5.74) is -7.16. The SMILES string of the molecule is N#Cc1ccc(C(O)(c2nccs2)C(F)(F)F)cc1C(F)(F)F. The molecule has 1 aromatic heterocycles. The van der Waals surface area contributed by atoms with Crippen molar-refractivity contribution in [2.24, 2.45) is 0 Å². The van der Waals surface area contributed by atoms with E-state index in [0.717, 1.165) is 11.6 Å². The van der Waals surface area contributed by atoms with E-state index in [9.17, 15) is 31.4 Å². The first kappa shape index (κ1) is 17.2. The molecule has 1 heterocycles. The third-order valence-electron chi connectivity index (χ3n) is 3.02. The summed E-state index contributed by atoms with van der Waals surface area (Å²) >= 11 is 0.448. The normalized spacial score (nSPS) is 15.0. The molecule has 2 rings (SSSR count). The smallest absolute Gasteiger partial charge is 0.370 e. The van der Waals surface area contributed by atoms with Gasteiger partial charge in [0.15, 0.2) is 0 Å². The van der Waals surface area contributed by atoms with Crippen molar-refractivity contribution in [1.29, 1.82) is 5.26 Å². The predicted octanol–water partition coefficient (Wildman–Crippen LogP) is 3.83. The summed E-state index contributed by atoms with van der Waals surface area (Å²) in [6, 6.07) is 2.59. The number of nitriles is 1. The predicted molar refractivity (Wildman–Crippen MR) is 67.3 cm³/mol. The molecule has 0 spiro atoms. The molecule has 1 unspecified atom stereocenters. The highest BCUT2D eigenvalue weighted by Crippen LogP contribution is 2.46. The topological polar surface area (TPSA) is 56.9 Å². The second-order valence-corrected chi connectivity index (χ2v) is 5.31. The van der Waals surface area contributed by atoms with E-state index in [2.05, 4.69) is 4.98 Å². The number of thiazole rings is 1. The van der Waals surface area contributed by atoms with Crippen LogP contribution >= 0.6 is 11.3 Å². The number of aromatic nitrogens is 1. The zero-order valence-electron chi connectivity index (χ0n) is 10.9. The third-order valence-corrected chi connectivity index (χ3v) is 3.90. The van der Waals surface area contributed by atoms with Gasteiger partial charge in [-0.25, -0.2) is 4.98 Å². The van der Waals surface area contributed by atoms with Gasteiger partial charge in [-0.3, -0.25) is 0 Å². The highest BCUT2D eigenvalue weighted by molar-refractivity contribution is 7.09. The lowest BCUT2D eigenvalue weighted by Gasteiger charge is -2.29. The standard InChI is InChI=1S/C13H6F6N2OS/c14-12(15,16)9-5-8(2-1-7(9)6-20)11(22,13(17,18)19)10-21-3-4-23-10/h1-5,22H. The van der Waals surface area contributed by atoms with Gasteiger partial charge in [-0.1, -0.05) is 6.07 Å². The van der Waals surface area contributed by atoms with Crippen LogP contribution in [0.4, 0.5) is 26.3 Å². The fourth-order valence-electron chi connectivity index (χ4n) is 1.91. The minimum Gasteiger partial charge on any atom is -0.370 e. The van der Waals surface area contributed by atoms with Crippen LogP contribution in [-0.4, -0.2) is 16.3 Å². The highest BCUT2D eigenvalue weighted by atomic mass is 32.1. The van der Waals surface area contributed by atoms with E-state index in [4.69, 9.17) is 5.26 Å². The van der Waals surface area contributed by atoms with Gasteiger partial charge in [0.2, 0.25) is 5.60 Å². The van der Waals surface area contributed by atoms with E-state index < -0.39 is 39.7 Å². The molecule has 0 saturated heterocycles. The van der Waals surface area contributed by atoms with Crippen LogP contribution < -0.4 is 0 Å². The highest BCUT2D eigenvalue weighted by Gasteiger charge is 2.58. The first-order valence-corrected chi connectivity index (χ1v) is 6.70. The maximum atomic E-state index is 13.3. The van der Waals surface area contributed by atoms with Crippen LogP contribution in [0.1, 0.15) is 21.7 Å². The Hall–Kier alpha value is -2.12. The Labute approximate surface area is 129 Å². The lowest BCUT2D eigenvalue weighted by Crippen LogP contribution is -2.43. The van der Waals surface area contributed by atoms with E-state index in [0.29, 0.717) is 23.5 Å². The number of hydrogen-bond acceptors (Lipinski definition) is 4. The third kappa shape index (κ3) is 2.89. The second-order valence-electron chi connectivity index (χ2n) is 4.42. The molecule has 1 atom stereocenters. The summed E-state index contributed by atoms with van der Waals surface area (Å²) in [4.78, 5) is 3.37. The van der Waals surface area contributed by atoms with Gasteiger partial charge >= 0.3 is 12.4 Å². The number of rotatable bonds is 2. The monoisotopic (exact) mass is 352 g/mol. The summed E-state index contributed by atoms with van der Waals surface area (Å²) in [5, 5.41) is 19.1. The van der Waals surface area contributed by atoms with Gasteiger partial charge in [-0.15, -0.1) is 11.3 Å². The maximum Gasteiger partial charge on any atom is 0.428 e. The lowest BCUT2D eigenvalue weighted by molar-refractivity contribution is -0.248. The molecular weight excluding hydrogens is 346 g/mol. The van der Waals surface area contributed by atoms with Gasteiger partial charge < -0.3 is 5.11 Å². The molecule has 0 fully saturated rings. The average molecular weight is 352 g/mol. The van der Waals surface area contributed by atoms with Crippen LogP contribution in [0.25, 0.3) is 0 Å². The van der Waals surface area contributed by atoms with E-state index in [1.807, 2.05) is 0 Å². The van der Waals surface area contributed by atoms with Crippen molar-refractivity contribution in [2.75, 3.05) is 0 Å². The Bertz CT molecular complexity index is 747. The van der Waals surface area contributed by atoms with Crippen molar-refractivity contribution in [3.63, 3.8) is 0 Å². The molecule has 10 heteroatoms. The van der Waals surface area contributed by atoms with E-state index in [1.165, 1.54) is 6.07 Å². The summed E-state index contributed by atoms with van der Waals surface area (Å²) in [6.07, 6.45) is -9.36. The molecule has 1 aromatic carbocycles. The maximum absolute atomic E-state index is 13.3. The molecule has 0 saturated carbocycles. The molecule has 0 amide bonds. The summed E-state index contributed by atoms with van der Waals surface area (Å²) in [7, 11) is 0. The van der Waals surface area contributed by atoms with Crippen LogP contribution in [0.2, 0.25) is 0 Å². The van der Waals surface area contributed by atoms with Crippen molar-refractivity contribution in [3.8, 4) is 6.07 Å². The molecule has 122 valence electrons. The Morgan fingerprint density at radius 2 is 1.78 bits per heavy atom. The van der Waals surface area contributed by atoms with Crippen LogP contribution in [-0.2, 0) is 11.8 Å². The number of halogens is 6. The molecule has 23 heavy (non-hydrogen) atoms. The summed E-state index contributed by atoms with van der Waals surface area (Å²) in [6.45, 7) is 0. The Kier molecular flexibility index (Phi) is 4.13. The van der Waals surface area contributed by atoms with Crippen LogP contribution in [0.3, 0.4) is 0 Å². The molecule has 0 aliphatic rings. The number of alkyl halides is 6. The second kappa shape index (κ2) is 5.50. The first-order valence-electron chi connectivity index (χ1n) is 5.82. The molecule has 0 bridgehead atoms. The van der Waals surface area contributed by atoms with Gasteiger partial charge in [0.25, 0.3) is 0 Å². The van der Waals surface area contributed by atoms with Gasteiger partial charge in [0.1, 0.15) is 5.01 Å². The zero-order chi connectivity index (χ0) is 17.5. The average Bonchev–Trinajstić information content (AvgIpc) is 2.98. The van der Waals surface area contributed by atoms with Gasteiger partial charge in [0.05, 0.1) is 17.2 Å². The number of aliphatic hydroxyl groups is 1. The van der Waals surface area contributed by atoms with E-state index in [1.54, 1.807) is 0 Å². The van der Waals surface area contributed by atoms with Crippen molar-refractivity contribution in [2.45, 2.75) is 18.0 Å². The molecule has 0 aliphatic heterocycles. The van der Waals surface area contributed by atoms with Gasteiger partial charge in [-0.05, 0) is 12.1 Å². The first-order chi connectivity index (χ1) is 10.5. The lowest BCUT2D eigenvalue weighted by atomic mass is 9.90. The molecule has 2 aromatic rings. The summed E-state index contributed by atoms with van der Waals surface area (Å²) < 4.78 is 78.7. The number of nitrogens with zero attached hydrogens (tertiary/aromatic N) is 2. The molecule has 0 radical (unpaired) electrons. The Morgan fingerprint density at radius 1 is 1.13 bits per heavy atom. The summed E-state index contributed by atoms with van der Waals surface area (Å²) in [5.74, 6) is 0. The van der Waals surface area contributed by atoms with E-state index >= 15 is 0 Å². The van der Waals surface area contributed by atoms with E-state index in [-0.39, 0.29) is 6.07 Å². The fourth-order valence-corrected chi connectivity index (χ4v) is 2.69. The van der Waals surface area contributed by atoms with Crippen LogP contribution in [0.5, 0.6) is 0 Å². The van der Waals surface area contributed by atoms with Gasteiger partial charge in [0, 0.05) is 17.1 Å². The van der Waals surface area contributed by atoms with Crippen LogP contribution in [0, 0.1) is 11.3 Å². The van der Waals surface area contributed by atoms with Crippen molar-refractivity contribution in [1.82, 2.24) is 4.98 Å². The Balaban J connectivity index is 2.75. The fraction of sp³-hybridized carbons (Fsp3) is 0.231. The van der Waals surface area contributed by atoms with Crippen LogP contribution in [0.15, 0.2) is 29.8 Å². The van der Waals surface area contributed by atoms with Gasteiger partial charge in [-0.2, -0.15) is 31.6 Å². The molecular formula is C13H6F6N2OS. The van der Waals surface area contributed by atoms with Crippen molar-refractivity contribution in [3.05, 3.63) is 51.5 Å². The zero-order valence-corrected chi connectivity index (χ0v) is 11.7. The Morgan fingerprint density at radius 3 is 2.22 bits per heavy atom. The minimum atomic E-state index is -5.30. The largest absolute Gasteiger partial charge is 0.428 e. The number of benzene rings is 1. The minimum absolute atomic E-state index is 0.118. The molecule has 1 N–H and O–H groups in total. The molecule has 3 nitrogen and oxygen atoms in total. The number of hydrogen-bond donors (Lipinski definition) is 1. The quantitative estimate of drug-likeness (QED) is 0.836. The molecule has 0 aliphatic carbocycles.